The first-order valence-corrected chi connectivity index (χ1v) is 11.3. The summed E-state index contributed by atoms with van der Waals surface area (Å²) in [5, 5.41) is 2.75. The van der Waals surface area contributed by atoms with Gasteiger partial charge in [0.25, 0.3) is 5.91 Å². The molecule has 1 aliphatic rings. The number of halogens is 6. The van der Waals surface area contributed by atoms with E-state index in [0.717, 1.165) is 23.5 Å². The topological polar surface area (TPSA) is 111 Å². The number of nitrogens with zero attached hydrogens (tertiary/aromatic N) is 1. The number of benzene rings is 3. The highest BCUT2D eigenvalue weighted by atomic mass is 35.5. The van der Waals surface area contributed by atoms with E-state index in [4.69, 9.17) is 23.1 Å². The molecule has 5 rings (SSSR count). The molecule has 0 saturated carbocycles. The highest BCUT2D eigenvalue weighted by molar-refractivity contribution is 7.22. The number of carbonyl (C=O) groups excluding carboxylic acids is 2. The predicted octanol–water partition coefficient (Wildman–Crippen LogP) is 5.43. The molecule has 4 aromatic rings. The number of aromatic nitrogens is 1. The second kappa shape index (κ2) is 8.14. The van der Waals surface area contributed by atoms with Gasteiger partial charge in [0.15, 0.2) is 5.13 Å². The molecule has 1 atom stereocenters. The third-order valence-corrected chi connectivity index (χ3v) is 6.93. The maximum atomic E-state index is 15.4. The summed E-state index contributed by atoms with van der Waals surface area (Å²) < 4.78 is 69.9. The number of primary amides is 1. The fraction of sp³-hybridized carbons (Fsp3) is 0.0870. The molecule has 3 aromatic carbocycles. The fourth-order valence-electron chi connectivity index (χ4n) is 4.32. The molecule has 1 aliphatic heterocycles. The first-order valence-electron chi connectivity index (χ1n) is 10.1. The summed E-state index contributed by atoms with van der Waals surface area (Å²) in [4.78, 5) is 29.5. The Labute approximate surface area is 207 Å². The number of hydrogen-bond acceptors (Lipinski definition) is 5. The van der Waals surface area contributed by atoms with Gasteiger partial charge in [0.1, 0.15) is 11.6 Å². The molecule has 184 valence electrons. The molecule has 0 saturated heterocycles. The van der Waals surface area contributed by atoms with E-state index in [1.807, 2.05) is 0 Å². The molecule has 0 spiro atoms. The Bertz CT molecular complexity index is 1620. The van der Waals surface area contributed by atoms with Crippen molar-refractivity contribution in [3.05, 3.63) is 80.9 Å². The van der Waals surface area contributed by atoms with Crippen molar-refractivity contribution in [3.8, 4) is 11.1 Å². The van der Waals surface area contributed by atoms with Gasteiger partial charge in [-0.05, 0) is 42.0 Å². The summed E-state index contributed by atoms with van der Waals surface area (Å²) in [6.45, 7) is 0. The zero-order valence-electron chi connectivity index (χ0n) is 17.6. The lowest BCUT2D eigenvalue weighted by molar-refractivity contribution is -0.137. The normalized spacial score (nSPS) is 15.3. The van der Waals surface area contributed by atoms with Crippen molar-refractivity contribution >= 4 is 50.1 Å². The smallest absolute Gasteiger partial charge is 0.375 e. The standard InChI is InChI=1S/C23H12ClF5N4O2S/c24-12-2-1-8(25)5-9(12)18-16-10(6-14-19(33-22(31)36-14)17(16)21(35)32-18)15-11(20(30)34)3-7(4-13(15)26)23(27,28)29/h1-6,18H,(H2,30,34)(H2,31,33)(H,32,35). The quantitative estimate of drug-likeness (QED) is 0.302. The highest BCUT2D eigenvalue weighted by Gasteiger charge is 2.39. The van der Waals surface area contributed by atoms with Gasteiger partial charge in [-0.1, -0.05) is 22.9 Å². The first-order chi connectivity index (χ1) is 16.9. The Morgan fingerprint density at radius 2 is 1.83 bits per heavy atom. The lowest BCUT2D eigenvalue weighted by atomic mass is 9.86. The number of nitrogens with one attached hydrogen (secondary N) is 1. The Hall–Kier alpha value is -3.77. The second-order valence-corrected chi connectivity index (χ2v) is 9.40. The van der Waals surface area contributed by atoms with Crippen LogP contribution in [0.2, 0.25) is 5.02 Å². The number of thiazole rings is 1. The van der Waals surface area contributed by atoms with Crippen LogP contribution in [0.5, 0.6) is 0 Å². The number of rotatable bonds is 3. The molecule has 5 N–H and O–H groups in total. The number of amides is 2. The fourth-order valence-corrected chi connectivity index (χ4v) is 5.33. The maximum Gasteiger partial charge on any atom is 0.416 e. The third kappa shape index (κ3) is 3.73. The van der Waals surface area contributed by atoms with Gasteiger partial charge < -0.3 is 16.8 Å². The van der Waals surface area contributed by atoms with Crippen LogP contribution in [-0.4, -0.2) is 16.8 Å². The van der Waals surface area contributed by atoms with E-state index in [9.17, 15) is 27.2 Å². The van der Waals surface area contributed by atoms with Crippen LogP contribution >= 0.6 is 22.9 Å². The largest absolute Gasteiger partial charge is 0.416 e. The molecule has 1 unspecified atom stereocenters. The molecule has 0 radical (unpaired) electrons. The minimum absolute atomic E-state index is 0.0338. The molecule has 36 heavy (non-hydrogen) atoms. The van der Waals surface area contributed by atoms with Gasteiger partial charge in [0.2, 0.25) is 5.91 Å². The van der Waals surface area contributed by atoms with Crippen LogP contribution in [0.15, 0.2) is 36.4 Å². The lowest BCUT2D eigenvalue weighted by Gasteiger charge is -2.20. The maximum absolute atomic E-state index is 15.4. The van der Waals surface area contributed by atoms with Crippen molar-refractivity contribution in [3.63, 3.8) is 0 Å². The summed E-state index contributed by atoms with van der Waals surface area (Å²) in [5.74, 6) is -4.09. The van der Waals surface area contributed by atoms with Gasteiger partial charge in [-0.25, -0.2) is 13.8 Å². The van der Waals surface area contributed by atoms with E-state index in [2.05, 4.69) is 10.3 Å². The van der Waals surface area contributed by atoms with Crippen molar-refractivity contribution in [2.45, 2.75) is 12.2 Å². The summed E-state index contributed by atoms with van der Waals surface area (Å²) in [7, 11) is 0. The highest BCUT2D eigenvalue weighted by Crippen LogP contribution is 2.47. The molecular formula is C23H12ClF5N4O2S. The number of anilines is 1. The average Bonchev–Trinajstić information content (AvgIpc) is 3.32. The zero-order valence-corrected chi connectivity index (χ0v) is 19.2. The molecule has 1 aromatic heterocycles. The van der Waals surface area contributed by atoms with Gasteiger partial charge in [0, 0.05) is 21.7 Å². The zero-order chi connectivity index (χ0) is 26.1. The van der Waals surface area contributed by atoms with Gasteiger partial charge in [-0.3, -0.25) is 9.59 Å². The van der Waals surface area contributed by atoms with Crippen molar-refractivity contribution < 1.29 is 31.5 Å². The third-order valence-electron chi connectivity index (χ3n) is 5.75. The summed E-state index contributed by atoms with van der Waals surface area (Å²) >= 11 is 7.21. The Morgan fingerprint density at radius 3 is 2.50 bits per heavy atom. The molecule has 2 amide bonds. The second-order valence-electron chi connectivity index (χ2n) is 7.93. The molecule has 0 aliphatic carbocycles. The summed E-state index contributed by atoms with van der Waals surface area (Å²) in [6, 6.07) is 4.27. The Balaban J connectivity index is 1.91. The van der Waals surface area contributed by atoms with Crippen LogP contribution in [0, 0.1) is 11.6 Å². The number of nitrogens with two attached hydrogens (primary N) is 2. The van der Waals surface area contributed by atoms with Crippen LogP contribution in [0.1, 0.15) is 43.4 Å². The van der Waals surface area contributed by atoms with Gasteiger partial charge in [-0.15, -0.1) is 0 Å². The number of alkyl halides is 3. The molecule has 6 nitrogen and oxygen atoms in total. The number of hydrogen-bond donors (Lipinski definition) is 3. The minimum atomic E-state index is -4.96. The monoisotopic (exact) mass is 538 g/mol. The van der Waals surface area contributed by atoms with Crippen LogP contribution in [0.4, 0.5) is 27.1 Å². The summed E-state index contributed by atoms with van der Waals surface area (Å²) in [5.41, 5.74) is 8.53. The van der Waals surface area contributed by atoms with Crippen LogP contribution < -0.4 is 16.8 Å². The van der Waals surface area contributed by atoms with E-state index in [1.165, 1.54) is 12.1 Å². The predicted molar refractivity (Wildman–Crippen MR) is 124 cm³/mol. The van der Waals surface area contributed by atoms with Crippen molar-refractivity contribution in [1.82, 2.24) is 10.3 Å². The van der Waals surface area contributed by atoms with Crippen LogP contribution in [0.25, 0.3) is 21.3 Å². The van der Waals surface area contributed by atoms with E-state index < -0.39 is 52.4 Å². The molecular weight excluding hydrogens is 527 g/mol. The van der Waals surface area contributed by atoms with E-state index in [-0.39, 0.29) is 44.0 Å². The molecule has 0 bridgehead atoms. The number of nitrogen functional groups attached to an aromatic ring is 1. The number of fused-ring (bicyclic) bond motifs is 3. The first kappa shape index (κ1) is 23.9. The summed E-state index contributed by atoms with van der Waals surface area (Å²) in [6.07, 6.45) is -4.96. The van der Waals surface area contributed by atoms with Gasteiger partial charge >= 0.3 is 6.18 Å². The van der Waals surface area contributed by atoms with Gasteiger partial charge in [-0.2, -0.15) is 13.2 Å². The molecule has 0 fully saturated rings. The van der Waals surface area contributed by atoms with E-state index in [1.54, 1.807) is 0 Å². The molecule has 2 heterocycles. The van der Waals surface area contributed by atoms with Crippen LogP contribution in [-0.2, 0) is 6.18 Å². The Morgan fingerprint density at radius 1 is 1.11 bits per heavy atom. The van der Waals surface area contributed by atoms with E-state index >= 15 is 4.39 Å². The Kier molecular flexibility index (Phi) is 5.41. The average molecular weight is 539 g/mol. The SMILES string of the molecule is NC(=O)c1cc(C(F)(F)F)cc(F)c1-c1cc2sc(N)nc2c2c1C(c1cc(F)ccc1Cl)NC2=O. The number of carbonyl (C=O) groups is 2. The van der Waals surface area contributed by atoms with Crippen molar-refractivity contribution in [2.24, 2.45) is 5.73 Å². The van der Waals surface area contributed by atoms with Crippen molar-refractivity contribution in [1.29, 1.82) is 0 Å². The minimum Gasteiger partial charge on any atom is -0.375 e. The lowest BCUT2D eigenvalue weighted by Crippen LogP contribution is -2.21. The van der Waals surface area contributed by atoms with Crippen LogP contribution in [0.3, 0.4) is 0 Å². The van der Waals surface area contributed by atoms with Crippen molar-refractivity contribution in [2.75, 3.05) is 5.73 Å². The molecule has 13 heteroatoms. The van der Waals surface area contributed by atoms with Gasteiger partial charge in [0.05, 0.1) is 32.9 Å². The van der Waals surface area contributed by atoms with E-state index in [0.29, 0.717) is 10.8 Å².